The maximum atomic E-state index is 14.5. The molecule has 8 heteroatoms. The summed E-state index contributed by atoms with van der Waals surface area (Å²) in [4.78, 5) is 43.1. The van der Waals surface area contributed by atoms with E-state index in [2.05, 4.69) is 10.6 Å². The third-order valence-corrected chi connectivity index (χ3v) is 7.55. The number of carbonyl (C=O) groups excluding carboxylic acids is 3. The normalized spacial score (nSPS) is 14.4. The van der Waals surface area contributed by atoms with E-state index in [1.165, 1.54) is 6.07 Å². The fraction of sp³-hybridized carbons (Fsp3) is 0.441. The fourth-order valence-corrected chi connectivity index (χ4v) is 4.84. The van der Waals surface area contributed by atoms with Gasteiger partial charge < -0.3 is 25.4 Å². The van der Waals surface area contributed by atoms with Gasteiger partial charge in [0.25, 0.3) is 5.91 Å². The van der Waals surface area contributed by atoms with Gasteiger partial charge in [0.1, 0.15) is 23.4 Å². The number of aryl methyl sites for hydroxylation is 1. The number of fused-ring (bicyclic) bond motifs is 1. The second-order valence-corrected chi connectivity index (χ2v) is 12.0. The lowest BCUT2D eigenvalue weighted by atomic mass is 9.93. The number of ether oxygens (including phenoxy) is 1. The molecule has 3 aromatic carbocycles. The van der Waals surface area contributed by atoms with E-state index in [0.29, 0.717) is 29.7 Å². The lowest BCUT2D eigenvalue weighted by molar-refractivity contribution is -0.144. The van der Waals surface area contributed by atoms with Gasteiger partial charge in [-0.1, -0.05) is 63.6 Å². The number of alkyl carbamates (subject to hydrolysis) is 1. The van der Waals surface area contributed by atoms with Gasteiger partial charge >= 0.3 is 6.09 Å². The molecule has 0 aliphatic carbocycles. The molecule has 0 aromatic heterocycles. The van der Waals surface area contributed by atoms with E-state index in [9.17, 15) is 19.5 Å². The van der Waals surface area contributed by atoms with Crippen LogP contribution in [0.15, 0.2) is 60.7 Å². The molecule has 0 saturated carbocycles. The number of phenols is 1. The number of hydrogen-bond donors (Lipinski definition) is 3. The lowest BCUT2D eigenvalue weighted by Gasteiger charge is -2.39. The molecule has 4 atom stereocenters. The number of benzene rings is 3. The summed E-state index contributed by atoms with van der Waals surface area (Å²) in [7, 11) is 0. The Balaban J connectivity index is 2.09. The summed E-state index contributed by atoms with van der Waals surface area (Å²) in [6, 6.07) is 16.1. The Kier molecular flexibility index (Phi) is 10.6. The van der Waals surface area contributed by atoms with E-state index in [1.54, 1.807) is 44.7 Å². The van der Waals surface area contributed by atoms with Gasteiger partial charge in [-0.05, 0) is 93.1 Å². The Morgan fingerprint density at radius 1 is 0.929 bits per heavy atom. The van der Waals surface area contributed by atoms with Crippen molar-refractivity contribution in [2.75, 3.05) is 5.32 Å². The van der Waals surface area contributed by atoms with E-state index in [-0.39, 0.29) is 23.6 Å². The van der Waals surface area contributed by atoms with Crippen LogP contribution in [0.2, 0.25) is 0 Å². The zero-order chi connectivity index (χ0) is 31.2. The third kappa shape index (κ3) is 8.02. The smallest absolute Gasteiger partial charge is 0.408 e. The van der Waals surface area contributed by atoms with Crippen LogP contribution in [0.4, 0.5) is 10.5 Å². The Hall–Kier alpha value is -4.07. The van der Waals surface area contributed by atoms with Gasteiger partial charge in [-0.3, -0.25) is 9.59 Å². The topological polar surface area (TPSA) is 108 Å². The van der Waals surface area contributed by atoms with Crippen LogP contribution in [0.5, 0.6) is 5.75 Å². The molecule has 3 rings (SSSR count). The predicted octanol–water partition coefficient (Wildman–Crippen LogP) is 7.10. The maximum absolute atomic E-state index is 14.5. The van der Waals surface area contributed by atoms with Crippen molar-refractivity contribution in [2.45, 2.75) is 92.0 Å². The summed E-state index contributed by atoms with van der Waals surface area (Å²) in [5.74, 6) is -0.918. The van der Waals surface area contributed by atoms with Crippen LogP contribution in [0, 0.1) is 12.8 Å². The zero-order valence-corrected chi connectivity index (χ0v) is 26.0. The van der Waals surface area contributed by atoms with Crippen molar-refractivity contribution >= 4 is 34.4 Å². The molecule has 0 saturated heterocycles. The zero-order valence-electron chi connectivity index (χ0n) is 26.0. The molecule has 8 nitrogen and oxygen atoms in total. The first-order chi connectivity index (χ1) is 19.7. The van der Waals surface area contributed by atoms with E-state index in [4.69, 9.17) is 4.74 Å². The van der Waals surface area contributed by atoms with Crippen molar-refractivity contribution in [3.8, 4) is 5.75 Å². The molecule has 42 heavy (non-hydrogen) atoms. The minimum Gasteiger partial charge on any atom is -0.508 e. The van der Waals surface area contributed by atoms with Gasteiger partial charge in [0.05, 0.1) is 0 Å². The summed E-state index contributed by atoms with van der Waals surface area (Å²) in [6.07, 6.45) is 0.498. The molecule has 3 N–H and O–H groups in total. The second-order valence-electron chi connectivity index (χ2n) is 12.0. The molecule has 0 heterocycles. The molecule has 3 amide bonds. The number of nitrogens with one attached hydrogen (secondary N) is 2. The quantitative estimate of drug-likeness (QED) is 0.239. The maximum Gasteiger partial charge on any atom is 0.408 e. The molecule has 0 spiro atoms. The highest BCUT2D eigenvalue weighted by Crippen LogP contribution is 2.31. The van der Waals surface area contributed by atoms with E-state index >= 15 is 0 Å². The molecular weight excluding hydrogens is 530 g/mol. The molecule has 0 bridgehead atoms. The van der Waals surface area contributed by atoms with E-state index in [0.717, 1.165) is 10.8 Å². The highest BCUT2D eigenvalue weighted by molar-refractivity contribution is 6.00. The van der Waals surface area contributed by atoms with Crippen molar-refractivity contribution in [3.05, 3.63) is 71.8 Å². The van der Waals surface area contributed by atoms with Crippen molar-refractivity contribution in [3.63, 3.8) is 0 Å². The lowest BCUT2D eigenvalue weighted by Crippen LogP contribution is -2.56. The predicted molar refractivity (Wildman–Crippen MR) is 167 cm³/mol. The Morgan fingerprint density at radius 2 is 1.60 bits per heavy atom. The standard InChI is InChI=1S/C34H45N3O5/c1-9-21(3)29(36-33(41)42-34(6,7)8)32(40)37(23(5)10-2)30(26-16-18-28(38)22(4)19-26)31(39)35-27-17-15-24-13-11-12-14-25(24)20-27/h11-21,23,29-30,38H,9-10H2,1-8H3,(H,35,39)(H,36,41). The van der Waals surface area contributed by atoms with E-state index < -0.39 is 29.7 Å². The van der Waals surface area contributed by atoms with Crippen LogP contribution in [0.1, 0.15) is 78.5 Å². The van der Waals surface area contributed by atoms with Crippen LogP contribution >= 0.6 is 0 Å². The average molecular weight is 576 g/mol. The Morgan fingerprint density at radius 3 is 2.19 bits per heavy atom. The van der Waals surface area contributed by atoms with Crippen molar-refractivity contribution in [1.82, 2.24) is 10.2 Å². The third-order valence-electron chi connectivity index (χ3n) is 7.55. The summed E-state index contributed by atoms with van der Waals surface area (Å²) < 4.78 is 5.49. The van der Waals surface area contributed by atoms with Crippen molar-refractivity contribution in [2.24, 2.45) is 5.92 Å². The first-order valence-electron chi connectivity index (χ1n) is 14.7. The monoisotopic (exact) mass is 575 g/mol. The van der Waals surface area contributed by atoms with Gasteiger partial charge in [0.15, 0.2) is 0 Å². The molecule has 0 aliphatic rings. The minimum atomic E-state index is -1.04. The average Bonchev–Trinajstić information content (AvgIpc) is 2.94. The fourth-order valence-electron chi connectivity index (χ4n) is 4.84. The highest BCUT2D eigenvalue weighted by Gasteiger charge is 2.40. The van der Waals surface area contributed by atoms with Gasteiger partial charge in [-0.2, -0.15) is 0 Å². The number of anilines is 1. The number of carbonyl (C=O) groups is 3. The van der Waals surface area contributed by atoms with Crippen LogP contribution in [0.3, 0.4) is 0 Å². The van der Waals surface area contributed by atoms with Crippen LogP contribution in [-0.2, 0) is 14.3 Å². The van der Waals surface area contributed by atoms with Gasteiger partial charge in [-0.15, -0.1) is 0 Å². The summed E-state index contributed by atoms with van der Waals surface area (Å²) in [5.41, 5.74) is 0.992. The highest BCUT2D eigenvalue weighted by atomic mass is 16.6. The molecule has 0 aliphatic heterocycles. The Bertz CT molecular complexity index is 1410. The van der Waals surface area contributed by atoms with Gasteiger partial charge in [-0.25, -0.2) is 4.79 Å². The number of nitrogens with zero attached hydrogens (tertiary/aromatic N) is 1. The number of hydrogen-bond acceptors (Lipinski definition) is 5. The summed E-state index contributed by atoms with van der Waals surface area (Å²) in [5, 5.41) is 18.1. The van der Waals surface area contributed by atoms with Gasteiger partial charge in [0, 0.05) is 11.7 Å². The number of amides is 3. The van der Waals surface area contributed by atoms with E-state index in [1.807, 2.05) is 70.2 Å². The van der Waals surface area contributed by atoms with Crippen molar-refractivity contribution < 1.29 is 24.2 Å². The van der Waals surface area contributed by atoms with Crippen LogP contribution < -0.4 is 10.6 Å². The molecule has 3 aromatic rings. The van der Waals surface area contributed by atoms with Crippen molar-refractivity contribution in [1.29, 1.82) is 0 Å². The summed E-state index contributed by atoms with van der Waals surface area (Å²) >= 11 is 0. The number of rotatable bonds is 10. The first kappa shape index (κ1) is 32.4. The minimum absolute atomic E-state index is 0.0953. The largest absolute Gasteiger partial charge is 0.508 e. The SMILES string of the molecule is CCC(C)C(NC(=O)OC(C)(C)C)C(=O)N(C(C)CC)C(C(=O)Nc1ccc2ccccc2c1)c1ccc(O)c(C)c1. The molecule has 0 radical (unpaired) electrons. The second kappa shape index (κ2) is 13.7. The number of aromatic hydroxyl groups is 1. The van der Waals surface area contributed by atoms with Crippen LogP contribution in [0.25, 0.3) is 10.8 Å². The molecule has 4 unspecified atom stereocenters. The molecule has 226 valence electrons. The van der Waals surface area contributed by atoms with Crippen LogP contribution in [-0.4, -0.2) is 45.6 Å². The molecule has 0 fully saturated rings. The Labute approximate surface area is 249 Å². The first-order valence-corrected chi connectivity index (χ1v) is 14.7. The molecular formula is C34H45N3O5. The summed E-state index contributed by atoms with van der Waals surface area (Å²) in [6.45, 7) is 14.7. The van der Waals surface area contributed by atoms with Gasteiger partial charge in [0.2, 0.25) is 5.91 Å². The number of phenolic OH excluding ortho intramolecular Hbond substituents is 1.